The molecule has 0 aliphatic heterocycles. The minimum Gasteiger partial charge on any atom is -0.463 e. The number of fused-ring (bicyclic) bond motifs is 1. The third-order valence-corrected chi connectivity index (χ3v) is 4.53. The lowest BCUT2D eigenvalue weighted by molar-refractivity contribution is -0.137. The largest absolute Gasteiger partial charge is 0.463 e. The molecule has 3 aromatic rings. The van der Waals surface area contributed by atoms with Gasteiger partial charge in [0.05, 0.1) is 12.7 Å². The van der Waals surface area contributed by atoms with E-state index in [1.807, 2.05) is 72.8 Å². The van der Waals surface area contributed by atoms with E-state index in [9.17, 15) is 10.1 Å². The number of ether oxygens (including phenoxy) is 1. The fourth-order valence-corrected chi connectivity index (χ4v) is 3.12. The van der Waals surface area contributed by atoms with Gasteiger partial charge in [-0.15, -0.1) is 0 Å². The van der Waals surface area contributed by atoms with E-state index in [0.29, 0.717) is 13.0 Å². The van der Waals surface area contributed by atoms with Crippen molar-refractivity contribution in [2.24, 2.45) is 0 Å². The lowest BCUT2D eigenvalue weighted by Crippen LogP contribution is -2.33. The second kappa shape index (κ2) is 8.88. The molecule has 1 N–H and O–H groups in total. The zero-order valence-corrected chi connectivity index (χ0v) is 15.8. The molecule has 3 aromatic carbocycles. The molecular formula is C24H22N2O2. The third-order valence-electron chi connectivity index (χ3n) is 4.53. The number of rotatable bonds is 7. The number of benzene rings is 3. The van der Waals surface area contributed by atoms with Crippen LogP contribution in [0.1, 0.15) is 18.9 Å². The van der Waals surface area contributed by atoms with E-state index < -0.39 is 11.5 Å². The predicted molar refractivity (Wildman–Crippen MR) is 112 cm³/mol. The van der Waals surface area contributed by atoms with Gasteiger partial charge < -0.3 is 10.1 Å². The number of carbonyl (C=O) groups excluding carboxylic acids is 1. The van der Waals surface area contributed by atoms with Crippen LogP contribution in [0.4, 0.5) is 5.69 Å². The first-order valence-corrected chi connectivity index (χ1v) is 9.24. The molecule has 0 fully saturated rings. The minimum atomic E-state index is -1.02. The fraction of sp³-hybridized carbons (Fsp3) is 0.167. The average Bonchev–Trinajstić information content (AvgIpc) is 2.73. The number of anilines is 1. The van der Waals surface area contributed by atoms with E-state index in [-0.39, 0.29) is 0 Å². The van der Waals surface area contributed by atoms with E-state index >= 15 is 0 Å². The highest BCUT2D eigenvalue weighted by Crippen LogP contribution is 2.32. The zero-order chi connectivity index (χ0) is 19.8. The fourth-order valence-electron chi connectivity index (χ4n) is 3.12. The van der Waals surface area contributed by atoms with Gasteiger partial charge in [-0.3, -0.25) is 0 Å². The molecule has 0 radical (unpaired) electrons. The van der Waals surface area contributed by atoms with Crippen molar-refractivity contribution >= 4 is 22.4 Å². The summed E-state index contributed by atoms with van der Waals surface area (Å²) in [7, 11) is 0. The molecule has 1 atom stereocenters. The van der Waals surface area contributed by atoms with Crippen molar-refractivity contribution in [1.82, 2.24) is 0 Å². The topological polar surface area (TPSA) is 62.1 Å². The summed E-state index contributed by atoms with van der Waals surface area (Å²) < 4.78 is 4.94. The van der Waals surface area contributed by atoms with Crippen molar-refractivity contribution in [3.63, 3.8) is 0 Å². The Morgan fingerprint density at radius 1 is 1.07 bits per heavy atom. The van der Waals surface area contributed by atoms with Gasteiger partial charge in [-0.05, 0) is 41.5 Å². The van der Waals surface area contributed by atoms with Crippen molar-refractivity contribution in [1.29, 1.82) is 5.26 Å². The van der Waals surface area contributed by atoms with Crippen molar-refractivity contribution < 1.29 is 9.53 Å². The van der Waals surface area contributed by atoms with E-state index in [0.717, 1.165) is 22.0 Å². The number of para-hydroxylation sites is 1. The number of nitriles is 1. The summed E-state index contributed by atoms with van der Waals surface area (Å²) in [6.07, 6.45) is 3.38. The van der Waals surface area contributed by atoms with Gasteiger partial charge in [0.15, 0.2) is 5.54 Å². The Bertz CT molecular complexity index is 1020. The van der Waals surface area contributed by atoms with Crippen LogP contribution in [0, 0.1) is 11.3 Å². The van der Waals surface area contributed by atoms with Crippen LogP contribution >= 0.6 is 0 Å². The Kier molecular flexibility index (Phi) is 6.08. The van der Waals surface area contributed by atoms with Crippen LogP contribution in [0.15, 0.2) is 84.9 Å². The third kappa shape index (κ3) is 4.39. The summed E-state index contributed by atoms with van der Waals surface area (Å²) in [6, 6.07) is 26.1. The van der Waals surface area contributed by atoms with Gasteiger partial charge in [0.25, 0.3) is 0 Å². The predicted octanol–water partition coefficient (Wildman–Crippen LogP) is 5.18. The van der Waals surface area contributed by atoms with Gasteiger partial charge >= 0.3 is 5.97 Å². The van der Waals surface area contributed by atoms with Crippen LogP contribution in [0.3, 0.4) is 0 Å². The first-order valence-electron chi connectivity index (χ1n) is 9.24. The van der Waals surface area contributed by atoms with Crippen molar-refractivity contribution in [2.45, 2.75) is 18.9 Å². The lowest BCUT2D eigenvalue weighted by atomic mass is 9.86. The molecule has 0 aliphatic rings. The van der Waals surface area contributed by atoms with Crippen LogP contribution in [-0.2, 0) is 15.1 Å². The van der Waals surface area contributed by atoms with Crippen LogP contribution < -0.4 is 5.32 Å². The number of hydrogen-bond donors (Lipinski definition) is 1. The van der Waals surface area contributed by atoms with E-state index in [1.54, 1.807) is 13.0 Å². The molecule has 3 rings (SSSR count). The first kappa shape index (κ1) is 19.2. The monoisotopic (exact) mass is 370 g/mol. The summed E-state index contributed by atoms with van der Waals surface area (Å²) in [5.41, 5.74) is 0.654. The number of nitrogens with zero attached hydrogens (tertiary/aromatic N) is 1. The maximum atomic E-state index is 11.7. The molecule has 0 saturated carbocycles. The summed E-state index contributed by atoms with van der Waals surface area (Å²) in [5, 5.41) is 15.7. The molecule has 0 heterocycles. The Morgan fingerprint density at radius 2 is 1.79 bits per heavy atom. The van der Waals surface area contributed by atoms with Crippen LogP contribution in [0.2, 0.25) is 0 Å². The highest BCUT2D eigenvalue weighted by Gasteiger charge is 2.31. The standard InChI is InChI=1S/C24H22N2O2/c1-2-28-23(27)13-8-16-24(18-25,26-22-11-4-3-5-12-22)21-15-14-19-9-6-7-10-20(19)17-21/h3-15,17,26H,2,16H2,1H3/b13-8+. The zero-order valence-electron chi connectivity index (χ0n) is 15.8. The summed E-state index contributed by atoms with van der Waals surface area (Å²) >= 11 is 0. The number of carbonyl (C=O) groups is 1. The molecule has 140 valence electrons. The summed E-state index contributed by atoms with van der Waals surface area (Å²) in [6.45, 7) is 2.08. The molecule has 0 amide bonds. The average molecular weight is 370 g/mol. The Morgan fingerprint density at radius 3 is 2.50 bits per heavy atom. The molecule has 0 bridgehead atoms. The number of esters is 1. The Hall–Kier alpha value is -3.58. The molecule has 0 aliphatic carbocycles. The molecule has 4 nitrogen and oxygen atoms in total. The quantitative estimate of drug-likeness (QED) is 0.460. The Labute approximate surface area is 165 Å². The highest BCUT2D eigenvalue weighted by atomic mass is 16.5. The highest BCUT2D eigenvalue weighted by molar-refractivity contribution is 5.84. The first-order chi connectivity index (χ1) is 13.7. The molecule has 0 aromatic heterocycles. The van der Waals surface area contributed by atoms with Crippen LogP contribution in [0.5, 0.6) is 0 Å². The van der Waals surface area contributed by atoms with Gasteiger partial charge in [0.2, 0.25) is 0 Å². The van der Waals surface area contributed by atoms with Crippen LogP contribution in [0.25, 0.3) is 10.8 Å². The molecule has 0 saturated heterocycles. The molecule has 0 spiro atoms. The SMILES string of the molecule is CCOC(=O)/C=C/CC(C#N)(Nc1ccccc1)c1ccc2ccccc2c1. The maximum absolute atomic E-state index is 11.7. The molecule has 4 heteroatoms. The van der Waals surface area contributed by atoms with Crippen LogP contribution in [-0.4, -0.2) is 12.6 Å². The van der Waals surface area contributed by atoms with Gasteiger partial charge in [-0.2, -0.15) is 5.26 Å². The normalized spacial score (nSPS) is 13.0. The van der Waals surface area contributed by atoms with Gasteiger partial charge in [0, 0.05) is 18.2 Å². The van der Waals surface area contributed by atoms with Crippen molar-refractivity contribution in [3.05, 3.63) is 90.5 Å². The van der Waals surface area contributed by atoms with Crippen molar-refractivity contribution in [2.75, 3.05) is 11.9 Å². The van der Waals surface area contributed by atoms with Gasteiger partial charge in [-0.1, -0.05) is 60.7 Å². The van der Waals surface area contributed by atoms with E-state index in [2.05, 4.69) is 11.4 Å². The van der Waals surface area contributed by atoms with E-state index in [4.69, 9.17) is 4.74 Å². The minimum absolute atomic E-state index is 0.315. The second-order valence-corrected chi connectivity index (χ2v) is 6.43. The summed E-state index contributed by atoms with van der Waals surface area (Å²) in [4.78, 5) is 11.7. The summed E-state index contributed by atoms with van der Waals surface area (Å²) in [5.74, 6) is -0.410. The molecular weight excluding hydrogens is 348 g/mol. The Balaban J connectivity index is 2.00. The second-order valence-electron chi connectivity index (χ2n) is 6.43. The number of hydrogen-bond acceptors (Lipinski definition) is 4. The lowest BCUT2D eigenvalue weighted by Gasteiger charge is -2.29. The van der Waals surface area contributed by atoms with Gasteiger partial charge in [-0.25, -0.2) is 4.79 Å². The molecule has 28 heavy (non-hydrogen) atoms. The molecule has 1 unspecified atom stereocenters. The maximum Gasteiger partial charge on any atom is 0.330 e. The van der Waals surface area contributed by atoms with Gasteiger partial charge in [0.1, 0.15) is 0 Å². The number of nitrogens with one attached hydrogen (secondary N) is 1. The smallest absolute Gasteiger partial charge is 0.330 e. The van der Waals surface area contributed by atoms with Crippen molar-refractivity contribution in [3.8, 4) is 6.07 Å². The van der Waals surface area contributed by atoms with E-state index in [1.165, 1.54) is 6.08 Å².